The van der Waals surface area contributed by atoms with Gasteiger partial charge in [-0.25, -0.2) is 0 Å². The molecule has 9 heteroatoms. The summed E-state index contributed by atoms with van der Waals surface area (Å²) in [7, 11) is 0. The maximum absolute atomic E-state index is 12.3. The van der Waals surface area contributed by atoms with Crippen LogP contribution in [0.3, 0.4) is 0 Å². The van der Waals surface area contributed by atoms with Gasteiger partial charge in [-0.3, -0.25) is 0 Å². The van der Waals surface area contributed by atoms with Crippen molar-refractivity contribution in [2.45, 2.75) is 32.4 Å². The molecule has 184 valence electrons. The summed E-state index contributed by atoms with van der Waals surface area (Å²) in [6.07, 6.45) is 0.114. The van der Waals surface area contributed by atoms with Crippen molar-refractivity contribution in [3.05, 3.63) is 118 Å². The van der Waals surface area contributed by atoms with E-state index in [4.69, 9.17) is 30.8 Å². The Balaban J connectivity index is 1.25. The maximum atomic E-state index is 12.3. The van der Waals surface area contributed by atoms with E-state index >= 15 is 0 Å². The average molecular weight is 582 g/mol. The predicted molar refractivity (Wildman–Crippen MR) is 149 cm³/mol. The molecule has 0 spiro atoms. The predicted octanol–water partition coefficient (Wildman–Crippen LogP) is 7.70. The average Bonchev–Trinajstić information content (AvgIpc) is 2.89. The summed E-state index contributed by atoms with van der Waals surface area (Å²) in [5.41, 5.74) is 1.53. The van der Waals surface area contributed by atoms with Gasteiger partial charge in [0.1, 0.15) is 0 Å². The van der Waals surface area contributed by atoms with Gasteiger partial charge in [0.15, 0.2) is 0 Å². The standard InChI is InChI=1S/2C14H11ClO2S.Al/c2*15-12-7-6-10(9-14(16)17)8-13(12)18-11-4-2-1-3-5-11;/h2*1-8H,9H2,(H,16,17);/q;;+3/p-2. The van der Waals surface area contributed by atoms with E-state index in [1.165, 1.54) is 23.5 Å². The van der Waals surface area contributed by atoms with E-state index in [-0.39, 0.29) is 12.8 Å². The van der Waals surface area contributed by atoms with Crippen molar-refractivity contribution in [2.75, 3.05) is 0 Å². The molecule has 0 heterocycles. The summed E-state index contributed by atoms with van der Waals surface area (Å²) >= 11 is 14.4. The molecule has 0 bridgehead atoms. The van der Waals surface area contributed by atoms with Gasteiger partial charge in [0.2, 0.25) is 0 Å². The summed E-state index contributed by atoms with van der Waals surface area (Å²) in [4.78, 5) is 28.4. The molecule has 0 saturated carbocycles. The zero-order valence-corrected chi connectivity index (χ0v) is 23.7. The molecule has 0 aliphatic carbocycles. The molecule has 0 unspecified atom stereocenters. The Kier molecular flexibility index (Phi) is 10.4. The van der Waals surface area contributed by atoms with Gasteiger partial charge in [-0.1, -0.05) is 0 Å². The van der Waals surface area contributed by atoms with Crippen LogP contribution in [0, 0.1) is 0 Å². The third-order valence-corrected chi connectivity index (χ3v) is 8.72. The SMILES string of the molecule is O=C(Cc1ccc(Cl)c(Sc2ccccc2)c1)[O][Al+][O]C(=O)Cc1ccc(Cl)c(Sc2ccccc2)c1. The zero-order valence-electron chi connectivity index (χ0n) is 19.4. The van der Waals surface area contributed by atoms with E-state index < -0.39 is 27.8 Å². The topological polar surface area (TPSA) is 52.6 Å². The molecule has 0 radical (unpaired) electrons. The summed E-state index contributed by atoms with van der Waals surface area (Å²) in [6.45, 7) is 0. The summed E-state index contributed by atoms with van der Waals surface area (Å²) in [5.74, 6) is -0.928. The van der Waals surface area contributed by atoms with Gasteiger partial charge in [-0.2, -0.15) is 0 Å². The van der Waals surface area contributed by atoms with Crippen LogP contribution in [0.4, 0.5) is 0 Å². The molecule has 0 saturated heterocycles. The van der Waals surface area contributed by atoms with Crippen LogP contribution >= 0.6 is 46.7 Å². The van der Waals surface area contributed by atoms with Crippen LogP contribution in [0.25, 0.3) is 0 Å². The Morgan fingerprint density at radius 1 is 0.622 bits per heavy atom. The first-order chi connectivity index (χ1) is 18.0. The first-order valence-electron chi connectivity index (χ1n) is 11.2. The van der Waals surface area contributed by atoms with E-state index in [9.17, 15) is 9.59 Å². The fraction of sp³-hybridized carbons (Fsp3) is 0.0714. The van der Waals surface area contributed by atoms with Crippen molar-refractivity contribution in [3.8, 4) is 0 Å². The van der Waals surface area contributed by atoms with Gasteiger partial charge >= 0.3 is 242 Å². The van der Waals surface area contributed by atoms with Crippen molar-refractivity contribution in [2.24, 2.45) is 0 Å². The number of carbonyl (C=O) groups excluding carboxylic acids is 2. The normalized spacial score (nSPS) is 10.4. The third kappa shape index (κ3) is 8.86. The van der Waals surface area contributed by atoms with Gasteiger partial charge in [0, 0.05) is 0 Å². The molecule has 0 fully saturated rings. The van der Waals surface area contributed by atoms with Crippen LogP contribution in [0.2, 0.25) is 10.0 Å². The first kappa shape index (κ1) is 27.7. The van der Waals surface area contributed by atoms with E-state index in [2.05, 4.69) is 0 Å². The number of hydrogen-bond donors (Lipinski definition) is 0. The second-order valence-electron chi connectivity index (χ2n) is 7.79. The molecule has 0 N–H and O–H groups in total. The molecule has 4 rings (SSSR count). The van der Waals surface area contributed by atoms with Crippen molar-refractivity contribution in [3.63, 3.8) is 0 Å². The molecular weight excluding hydrogens is 562 g/mol. The quantitative estimate of drug-likeness (QED) is 0.179. The Morgan fingerprint density at radius 3 is 1.43 bits per heavy atom. The minimum atomic E-state index is -1.26. The number of carbonyl (C=O) groups is 2. The van der Waals surface area contributed by atoms with Crippen LogP contribution in [0.5, 0.6) is 0 Å². The van der Waals surface area contributed by atoms with Crippen molar-refractivity contribution >= 4 is 74.6 Å². The first-order valence-corrected chi connectivity index (χ1v) is 14.5. The number of benzene rings is 4. The van der Waals surface area contributed by atoms with Crippen molar-refractivity contribution < 1.29 is 17.2 Å². The number of hydrogen-bond acceptors (Lipinski definition) is 6. The van der Waals surface area contributed by atoms with Crippen LogP contribution in [0.15, 0.2) is 117 Å². The fourth-order valence-electron chi connectivity index (χ4n) is 3.25. The molecular formula is C28H20AlCl2O4S2+. The van der Waals surface area contributed by atoms with Crippen LogP contribution in [0.1, 0.15) is 11.1 Å². The fourth-order valence-corrected chi connectivity index (χ4v) is 5.99. The van der Waals surface area contributed by atoms with E-state index in [1.54, 1.807) is 24.3 Å². The van der Waals surface area contributed by atoms with E-state index in [0.717, 1.165) is 30.7 Å². The molecule has 0 aliphatic heterocycles. The van der Waals surface area contributed by atoms with Gasteiger partial charge in [0.05, 0.1) is 0 Å². The van der Waals surface area contributed by atoms with Gasteiger partial charge < -0.3 is 0 Å². The molecule has 0 atom stereocenters. The summed E-state index contributed by atoms with van der Waals surface area (Å²) in [5, 5.41) is 1.22. The molecule has 4 aromatic rings. The summed E-state index contributed by atoms with van der Waals surface area (Å²) in [6, 6.07) is 30.5. The second-order valence-corrected chi connectivity index (χ2v) is 11.5. The second kappa shape index (κ2) is 14.0. The van der Waals surface area contributed by atoms with E-state index in [1.807, 2.05) is 72.8 Å². The molecule has 0 aromatic heterocycles. The van der Waals surface area contributed by atoms with Gasteiger partial charge in [-0.05, 0) is 0 Å². The Morgan fingerprint density at radius 2 is 1.03 bits per heavy atom. The van der Waals surface area contributed by atoms with Crippen molar-refractivity contribution in [1.29, 1.82) is 0 Å². The molecule has 0 aliphatic rings. The summed E-state index contributed by atoms with van der Waals surface area (Å²) < 4.78 is 10.4. The van der Waals surface area contributed by atoms with Crippen LogP contribution in [-0.4, -0.2) is 27.8 Å². The van der Waals surface area contributed by atoms with Crippen LogP contribution < -0.4 is 0 Å². The molecule has 4 aromatic carbocycles. The molecule has 37 heavy (non-hydrogen) atoms. The third-order valence-electron chi connectivity index (χ3n) is 4.99. The van der Waals surface area contributed by atoms with E-state index in [0.29, 0.717) is 10.0 Å². The Labute approximate surface area is 241 Å². The zero-order chi connectivity index (χ0) is 26.0. The minimum absolute atomic E-state index is 0.0569. The monoisotopic (exact) mass is 581 g/mol. The molecule has 0 amide bonds. The Bertz CT molecular complexity index is 1270. The van der Waals surface area contributed by atoms with Crippen LogP contribution in [-0.2, 0) is 30.0 Å². The van der Waals surface area contributed by atoms with Crippen molar-refractivity contribution in [1.82, 2.24) is 0 Å². The van der Waals surface area contributed by atoms with Gasteiger partial charge in [0.25, 0.3) is 0 Å². The van der Waals surface area contributed by atoms with Gasteiger partial charge in [-0.15, -0.1) is 0 Å². The molecule has 4 nitrogen and oxygen atoms in total. The Hall–Kier alpha value is -2.37. The number of rotatable bonds is 10. The number of halogens is 2.